The third kappa shape index (κ3) is 4.42. The number of amides is 2. The number of esters is 1. The van der Waals surface area contributed by atoms with E-state index < -0.39 is 24.4 Å². The minimum atomic E-state index is -0.716. The molecule has 1 N–H and O–H groups in total. The quantitative estimate of drug-likeness (QED) is 0.851. The summed E-state index contributed by atoms with van der Waals surface area (Å²) in [6, 6.07) is 13.3. The summed E-state index contributed by atoms with van der Waals surface area (Å²) in [7, 11) is 1.43. The first kappa shape index (κ1) is 17.2. The zero-order valence-electron chi connectivity index (χ0n) is 13.4. The molecule has 0 saturated carbocycles. The SMILES string of the molecule is COc1ccccc1C(=O)NC(=O)COC(=O)c1cccc(C)c1. The number of hydrogen-bond acceptors (Lipinski definition) is 5. The Morgan fingerprint density at radius 2 is 1.79 bits per heavy atom. The Hall–Kier alpha value is -3.15. The number of methoxy groups -OCH3 is 1. The number of aryl methyl sites for hydroxylation is 1. The van der Waals surface area contributed by atoms with E-state index in [0.29, 0.717) is 11.3 Å². The van der Waals surface area contributed by atoms with Crippen LogP contribution in [0.1, 0.15) is 26.3 Å². The Labute approximate surface area is 139 Å². The smallest absolute Gasteiger partial charge is 0.338 e. The van der Waals surface area contributed by atoms with Gasteiger partial charge in [-0.15, -0.1) is 0 Å². The third-order valence-corrected chi connectivity index (χ3v) is 3.19. The maximum absolute atomic E-state index is 12.0. The van der Waals surface area contributed by atoms with Crippen molar-refractivity contribution in [3.8, 4) is 5.75 Å². The summed E-state index contributed by atoms with van der Waals surface area (Å²) in [5.74, 6) is -1.62. The topological polar surface area (TPSA) is 81.7 Å². The van der Waals surface area contributed by atoms with E-state index >= 15 is 0 Å². The molecule has 2 aromatic carbocycles. The van der Waals surface area contributed by atoms with Crippen molar-refractivity contribution in [3.63, 3.8) is 0 Å². The van der Waals surface area contributed by atoms with Gasteiger partial charge in [0.1, 0.15) is 5.75 Å². The largest absolute Gasteiger partial charge is 0.496 e. The van der Waals surface area contributed by atoms with Gasteiger partial charge in [0.15, 0.2) is 6.61 Å². The zero-order valence-corrected chi connectivity index (χ0v) is 13.4. The molecule has 0 unspecified atom stereocenters. The second kappa shape index (κ2) is 7.92. The summed E-state index contributed by atoms with van der Waals surface area (Å²) >= 11 is 0. The van der Waals surface area contributed by atoms with E-state index in [4.69, 9.17) is 9.47 Å². The Morgan fingerprint density at radius 3 is 2.50 bits per heavy atom. The molecule has 124 valence electrons. The van der Waals surface area contributed by atoms with Crippen LogP contribution in [0.3, 0.4) is 0 Å². The van der Waals surface area contributed by atoms with E-state index in [0.717, 1.165) is 5.56 Å². The first-order valence-electron chi connectivity index (χ1n) is 7.22. The lowest BCUT2D eigenvalue weighted by Gasteiger charge is -2.09. The van der Waals surface area contributed by atoms with Crippen molar-refractivity contribution < 1.29 is 23.9 Å². The van der Waals surface area contributed by atoms with Crippen LogP contribution in [0.15, 0.2) is 48.5 Å². The van der Waals surface area contributed by atoms with Gasteiger partial charge in [0.05, 0.1) is 18.2 Å². The fourth-order valence-corrected chi connectivity index (χ4v) is 2.05. The molecule has 0 aliphatic heterocycles. The molecule has 0 aliphatic carbocycles. The molecule has 0 atom stereocenters. The van der Waals surface area contributed by atoms with Gasteiger partial charge in [-0.2, -0.15) is 0 Å². The molecule has 2 rings (SSSR count). The van der Waals surface area contributed by atoms with E-state index in [2.05, 4.69) is 5.32 Å². The fourth-order valence-electron chi connectivity index (χ4n) is 2.05. The van der Waals surface area contributed by atoms with Crippen molar-refractivity contribution in [2.45, 2.75) is 6.92 Å². The van der Waals surface area contributed by atoms with Crippen LogP contribution in [0.2, 0.25) is 0 Å². The molecule has 0 aliphatic rings. The fraction of sp³-hybridized carbons (Fsp3) is 0.167. The molecule has 24 heavy (non-hydrogen) atoms. The van der Waals surface area contributed by atoms with Crippen LogP contribution in [0.25, 0.3) is 0 Å². The Balaban J connectivity index is 1.91. The molecular weight excluding hydrogens is 310 g/mol. The van der Waals surface area contributed by atoms with Gasteiger partial charge in [-0.05, 0) is 31.2 Å². The van der Waals surface area contributed by atoms with E-state index in [1.165, 1.54) is 13.2 Å². The first-order valence-corrected chi connectivity index (χ1v) is 7.22. The number of benzene rings is 2. The van der Waals surface area contributed by atoms with Gasteiger partial charge in [-0.3, -0.25) is 14.9 Å². The van der Waals surface area contributed by atoms with E-state index in [1.807, 2.05) is 13.0 Å². The number of ether oxygens (including phenoxy) is 2. The third-order valence-electron chi connectivity index (χ3n) is 3.19. The maximum atomic E-state index is 12.0. The average molecular weight is 327 g/mol. The van der Waals surface area contributed by atoms with Gasteiger partial charge in [0.25, 0.3) is 11.8 Å². The van der Waals surface area contributed by atoms with Crippen LogP contribution >= 0.6 is 0 Å². The molecule has 0 bridgehead atoms. The van der Waals surface area contributed by atoms with E-state index in [-0.39, 0.29) is 5.56 Å². The van der Waals surface area contributed by atoms with Gasteiger partial charge in [-0.1, -0.05) is 29.8 Å². The van der Waals surface area contributed by atoms with Crippen molar-refractivity contribution >= 4 is 17.8 Å². The van der Waals surface area contributed by atoms with Crippen molar-refractivity contribution in [3.05, 3.63) is 65.2 Å². The summed E-state index contributed by atoms with van der Waals surface area (Å²) in [6.07, 6.45) is 0. The number of carbonyl (C=O) groups is 3. The van der Waals surface area contributed by atoms with Gasteiger partial charge in [-0.25, -0.2) is 4.79 Å². The highest BCUT2D eigenvalue weighted by molar-refractivity contribution is 6.07. The van der Waals surface area contributed by atoms with Crippen LogP contribution in [0.4, 0.5) is 0 Å². The van der Waals surface area contributed by atoms with Gasteiger partial charge in [0, 0.05) is 0 Å². The van der Waals surface area contributed by atoms with Crippen molar-refractivity contribution in [2.75, 3.05) is 13.7 Å². The van der Waals surface area contributed by atoms with Gasteiger partial charge < -0.3 is 9.47 Å². The Bertz CT molecular complexity index is 770. The van der Waals surface area contributed by atoms with Crippen LogP contribution in [0, 0.1) is 6.92 Å². The highest BCUT2D eigenvalue weighted by atomic mass is 16.5. The average Bonchev–Trinajstić information content (AvgIpc) is 2.59. The number of imide groups is 1. The number of rotatable bonds is 5. The van der Waals surface area contributed by atoms with Gasteiger partial charge in [0.2, 0.25) is 0 Å². The second-order valence-electron chi connectivity index (χ2n) is 5.02. The molecule has 0 saturated heterocycles. The molecule has 0 fully saturated rings. The maximum Gasteiger partial charge on any atom is 0.338 e. The monoisotopic (exact) mass is 327 g/mol. The number of hydrogen-bond donors (Lipinski definition) is 1. The minimum Gasteiger partial charge on any atom is -0.496 e. The molecule has 6 nitrogen and oxygen atoms in total. The summed E-state index contributed by atoms with van der Waals surface area (Å²) in [5, 5.41) is 2.15. The van der Waals surface area contributed by atoms with E-state index in [1.54, 1.807) is 36.4 Å². The highest BCUT2D eigenvalue weighted by Gasteiger charge is 2.16. The molecule has 6 heteroatoms. The van der Waals surface area contributed by atoms with Crippen molar-refractivity contribution in [2.24, 2.45) is 0 Å². The van der Waals surface area contributed by atoms with Gasteiger partial charge >= 0.3 is 5.97 Å². The lowest BCUT2D eigenvalue weighted by atomic mass is 10.1. The molecule has 2 aromatic rings. The molecule has 0 heterocycles. The lowest BCUT2D eigenvalue weighted by molar-refractivity contribution is -0.123. The first-order chi connectivity index (χ1) is 11.5. The standard InChI is InChI=1S/C18H17NO5/c1-12-6-5-7-13(10-12)18(22)24-11-16(20)19-17(21)14-8-3-4-9-15(14)23-2/h3-10H,11H2,1-2H3,(H,19,20,21). The number of nitrogens with one attached hydrogen (secondary N) is 1. The highest BCUT2D eigenvalue weighted by Crippen LogP contribution is 2.16. The summed E-state index contributed by atoms with van der Waals surface area (Å²) < 4.78 is 9.96. The Morgan fingerprint density at radius 1 is 1.04 bits per heavy atom. The van der Waals surface area contributed by atoms with Crippen LogP contribution < -0.4 is 10.1 Å². The lowest BCUT2D eigenvalue weighted by Crippen LogP contribution is -2.34. The zero-order chi connectivity index (χ0) is 17.5. The molecular formula is C18H17NO5. The van der Waals surface area contributed by atoms with Crippen molar-refractivity contribution in [1.29, 1.82) is 0 Å². The predicted molar refractivity (Wildman–Crippen MR) is 86.9 cm³/mol. The Kier molecular flexibility index (Phi) is 5.68. The molecule has 2 amide bonds. The van der Waals surface area contributed by atoms with Crippen LogP contribution in [0.5, 0.6) is 5.75 Å². The normalized spacial score (nSPS) is 9.92. The molecule has 0 aromatic heterocycles. The molecule has 0 radical (unpaired) electrons. The summed E-state index contributed by atoms with van der Waals surface area (Å²) in [6.45, 7) is 1.29. The summed E-state index contributed by atoms with van der Waals surface area (Å²) in [5.41, 5.74) is 1.47. The van der Waals surface area contributed by atoms with Crippen LogP contribution in [-0.2, 0) is 9.53 Å². The molecule has 0 spiro atoms. The summed E-state index contributed by atoms with van der Waals surface area (Å²) in [4.78, 5) is 35.7. The number of para-hydroxylation sites is 1. The number of carbonyl (C=O) groups excluding carboxylic acids is 3. The predicted octanol–water partition coefficient (Wildman–Crippen LogP) is 2.12. The van der Waals surface area contributed by atoms with Crippen molar-refractivity contribution in [1.82, 2.24) is 5.32 Å². The van der Waals surface area contributed by atoms with Crippen LogP contribution in [-0.4, -0.2) is 31.5 Å². The second-order valence-corrected chi connectivity index (χ2v) is 5.02. The van der Waals surface area contributed by atoms with E-state index in [9.17, 15) is 14.4 Å². The minimum absolute atomic E-state index is 0.221.